The maximum absolute atomic E-state index is 11.8. The van der Waals surface area contributed by atoms with Crippen LogP contribution in [0.25, 0.3) is 0 Å². The van der Waals surface area contributed by atoms with Gasteiger partial charge in [0.25, 0.3) is 0 Å². The first kappa shape index (κ1) is 16.7. The highest BCUT2D eigenvalue weighted by molar-refractivity contribution is 5.81. The van der Waals surface area contributed by atoms with Crippen LogP contribution in [0.3, 0.4) is 0 Å². The Bertz CT molecular complexity index is 253. The normalized spacial score (nSPS) is 12.1. The fourth-order valence-corrected chi connectivity index (χ4v) is 1.27. The summed E-state index contributed by atoms with van der Waals surface area (Å²) in [6.45, 7) is 8.50. The molecule has 0 bridgehead atoms. The number of hydrogen-bond donors (Lipinski definition) is 1. The number of amides is 1. The summed E-state index contributed by atoms with van der Waals surface area (Å²) < 4.78 is 10.0. The lowest BCUT2D eigenvalue weighted by atomic mass is 10.1. The summed E-state index contributed by atoms with van der Waals surface area (Å²) in [5, 5.41) is 2.54. The van der Waals surface area contributed by atoms with Crippen LogP contribution >= 0.6 is 0 Å². The number of rotatable bonds is 8. The lowest BCUT2D eigenvalue weighted by Gasteiger charge is -2.17. The first-order valence-corrected chi connectivity index (χ1v) is 6.61. The Kier molecular flexibility index (Phi) is 9.06. The Morgan fingerprint density at radius 2 is 1.78 bits per heavy atom. The zero-order valence-electron chi connectivity index (χ0n) is 11.8. The Labute approximate surface area is 109 Å². The van der Waals surface area contributed by atoms with E-state index < -0.39 is 12.1 Å². The van der Waals surface area contributed by atoms with E-state index in [1.807, 2.05) is 27.7 Å². The third kappa shape index (κ3) is 7.92. The average Bonchev–Trinajstić information content (AvgIpc) is 2.32. The quantitative estimate of drug-likeness (QED) is 0.680. The molecule has 0 aromatic carbocycles. The molecule has 0 fully saturated rings. The molecule has 1 amide bonds. The summed E-state index contributed by atoms with van der Waals surface area (Å²) in [6.07, 6.45) is 1.54. The topological polar surface area (TPSA) is 64.6 Å². The molecule has 0 aromatic heterocycles. The number of alkyl carbamates (subject to hydrolysis) is 1. The Morgan fingerprint density at radius 1 is 1.11 bits per heavy atom. The smallest absolute Gasteiger partial charge is 0.407 e. The van der Waals surface area contributed by atoms with Crippen molar-refractivity contribution in [2.24, 2.45) is 5.92 Å². The summed E-state index contributed by atoms with van der Waals surface area (Å²) in [7, 11) is 0. The van der Waals surface area contributed by atoms with Gasteiger partial charge in [0.05, 0.1) is 13.2 Å². The Hall–Kier alpha value is -1.26. The fourth-order valence-electron chi connectivity index (χ4n) is 1.27. The number of carbonyl (C=O) groups excluding carboxylic acids is 2. The highest BCUT2D eigenvalue weighted by Crippen LogP contribution is 2.02. The first-order chi connectivity index (χ1) is 8.51. The molecule has 0 saturated heterocycles. The van der Waals surface area contributed by atoms with Gasteiger partial charge in [-0.1, -0.05) is 34.1 Å². The minimum Gasteiger partial charge on any atom is -0.464 e. The van der Waals surface area contributed by atoms with E-state index in [4.69, 9.17) is 9.47 Å². The third-order valence-corrected chi connectivity index (χ3v) is 2.15. The SMILES string of the molecule is CCCOC(=O)NC(CCC)C(=O)OCC(C)C. The number of ether oxygens (including phenoxy) is 2. The molecule has 0 heterocycles. The molecule has 0 aliphatic heterocycles. The minimum absolute atomic E-state index is 0.281. The van der Waals surface area contributed by atoms with Crippen molar-refractivity contribution in [2.75, 3.05) is 13.2 Å². The van der Waals surface area contributed by atoms with Crippen LogP contribution in [-0.4, -0.2) is 31.3 Å². The highest BCUT2D eigenvalue weighted by Gasteiger charge is 2.22. The molecule has 0 saturated carbocycles. The van der Waals surface area contributed by atoms with E-state index in [1.54, 1.807) is 0 Å². The number of esters is 1. The van der Waals surface area contributed by atoms with Crippen molar-refractivity contribution in [1.29, 1.82) is 0 Å². The van der Waals surface area contributed by atoms with Crippen molar-refractivity contribution >= 4 is 12.1 Å². The molecular formula is C13H25NO4. The lowest BCUT2D eigenvalue weighted by Crippen LogP contribution is -2.42. The van der Waals surface area contributed by atoms with Gasteiger partial charge in [-0.2, -0.15) is 0 Å². The van der Waals surface area contributed by atoms with E-state index in [9.17, 15) is 9.59 Å². The zero-order chi connectivity index (χ0) is 14.0. The van der Waals surface area contributed by atoms with Gasteiger partial charge in [-0.3, -0.25) is 0 Å². The van der Waals surface area contributed by atoms with E-state index in [2.05, 4.69) is 5.32 Å². The number of hydrogen-bond acceptors (Lipinski definition) is 4. The molecule has 5 heteroatoms. The van der Waals surface area contributed by atoms with Crippen molar-refractivity contribution in [2.45, 2.75) is 53.0 Å². The van der Waals surface area contributed by atoms with Crippen LogP contribution < -0.4 is 5.32 Å². The molecule has 1 unspecified atom stereocenters. The van der Waals surface area contributed by atoms with E-state index >= 15 is 0 Å². The molecule has 0 radical (unpaired) electrons. The summed E-state index contributed by atoms with van der Waals surface area (Å²) in [4.78, 5) is 23.1. The molecule has 5 nitrogen and oxygen atoms in total. The second-order valence-corrected chi connectivity index (χ2v) is 4.65. The molecule has 0 aromatic rings. The average molecular weight is 259 g/mol. The second-order valence-electron chi connectivity index (χ2n) is 4.65. The lowest BCUT2D eigenvalue weighted by molar-refractivity contribution is -0.147. The van der Waals surface area contributed by atoms with Gasteiger partial charge in [-0.05, 0) is 18.8 Å². The second kappa shape index (κ2) is 9.74. The van der Waals surface area contributed by atoms with Crippen molar-refractivity contribution in [3.8, 4) is 0 Å². The van der Waals surface area contributed by atoms with Gasteiger partial charge in [-0.25, -0.2) is 9.59 Å². The van der Waals surface area contributed by atoms with Gasteiger partial charge in [-0.15, -0.1) is 0 Å². The fraction of sp³-hybridized carbons (Fsp3) is 0.846. The monoisotopic (exact) mass is 259 g/mol. The van der Waals surface area contributed by atoms with Crippen LogP contribution in [0.15, 0.2) is 0 Å². The van der Waals surface area contributed by atoms with Crippen molar-refractivity contribution in [3.05, 3.63) is 0 Å². The van der Waals surface area contributed by atoms with E-state index in [-0.39, 0.29) is 11.9 Å². The molecule has 0 aliphatic carbocycles. The largest absolute Gasteiger partial charge is 0.464 e. The zero-order valence-corrected chi connectivity index (χ0v) is 11.8. The molecule has 1 N–H and O–H groups in total. The minimum atomic E-state index is -0.613. The van der Waals surface area contributed by atoms with Gasteiger partial charge < -0.3 is 14.8 Å². The third-order valence-electron chi connectivity index (χ3n) is 2.15. The van der Waals surface area contributed by atoms with Crippen LogP contribution in [0, 0.1) is 5.92 Å². The summed E-state index contributed by atoms with van der Waals surface area (Å²) >= 11 is 0. The summed E-state index contributed by atoms with van der Waals surface area (Å²) in [5.41, 5.74) is 0. The summed E-state index contributed by atoms with van der Waals surface area (Å²) in [5.74, 6) is -0.109. The van der Waals surface area contributed by atoms with Gasteiger partial charge in [0.2, 0.25) is 0 Å². The molecular weight excluding hydrogens is 234 g/mol. The molecule has 0 spiro atoms. The van der Waals surface area contributed by atoms with E-state index in [0.717, 1.165) is 12.8 Å². The van der Waals surface area contributed by atoms with Gasteiger partial charge in [0, 0.05) is 0 Å². The Morgan fingerprint density at radius 3 is 2.28 bits per heavy atom. The van der Waals surface area contributed by atoms with E-state index in [0.29, 0.717) is 19.6 Å². The van der Waals surface area contributed by atoms with Crippen molar-refractivity contribution in [1.82, 2.24) is 5.32 Å². The Balaban J connectivity index is 4.19. The highest BCUT2D eigenvalue weighted by atomic mass is 16.6. The van der Waals surface area contributed by atoms with Crippen LogP contribution in [0.1, 0.15) is 47.0 Å². The predicted octanol–water partition coefficient (Wildman–Crippen LogP) is 2.49. The molecule has 18 heavy (non-hydrogen) atoms. The van der Waals surface area contributed by atoms with Gasteiger partial charge in [0.15, 0.2) is 0 Å². The molecule has 0 rings (SSSR count). The van der Waals surface area contributed by atoms with Gasteiger partial charge in [0.1, 0.15) is 6.04 Å². The van der Waals surface area contributed by atoms with Crippen LogP contribution in [0.2, 0.25) is 0 Å². The predicted molar refractivity (Wildman–Crippen MR) is 69.3 cm³/mol. The van der Waals surface area contributed by atoms with Gasteiger partial charge >= 0.3 is 12.1 Å². The molecule has 0 aliphatic rings. The van der Waals surface area contributed by atoms with Crippen molar-refractivity contribution < 1.29 is 19.1 Å². The summed E-state index contributed by atoms with van der Waals surface area (Å²) in [6, 6.07) is -0.613. The number of nitrogens with one attached hydrogen (secondary N) is 1. The van der Waals surface area contributed by atoms with Crippen molar-refractivity contribution in [3.63, 3.8) is 0 Å². The molecule has 1 atom stereocenters. The number of carbonyl (C=O) groups is 2. The van der Waals surface area contributed by atoms with Crippen LogP contribution in [0.5, 0.6) is 0 Å². The van der Waals surface area contributed by atoms with E-state index in [1.165, 1.54) is 0 Å². The first-order valence-electron chi connectivity index (χ1n) is 6.61. The maximum atomic E-state index is 11.8. The molecule has 106 valence electrons. The van der Waals surface area contributed by atoms with Crippen LogP contribution in [-0.2, 0) is 14.3 Å². The maximum Gasteiger partial charge on any atom is 0.407 e. The van der Waals surface area contributed by atoms with Crippen LogP contribution in [0.4, 0.5) is 4.79 Å². The standard InChI is InChI=1S/C13H25NO4/c1-5-7-11(12(15)18-9-10(3)4)14-13(16)17-8-6-2/h10-11H,5-9H2,1-4H3,(H,14,16).